The van der Waals surface area contributed by atoms with E-state index in [0.717, 1.165) is 25.7 Å². The summed E-state index contributed by atoms with van der Waals surface area (Å²) in [4.78, 5) is 25.8. The fourth-order valence-electron chi connectivity index (χ4n) is 2.52. The maximum absolute atomic E-state index is 11.1. The van der Waals surface area contributed by atoms with Gasteiger partial charge in [-0.3, -0.25) is 4.79 Å². The number of carbonyl (C=O) groups excluding carboxylic acids is 2. The normalized spacial score (nSPS) is 11.0. The van der Waals surface area contributed by atoms with Crippen LogP contribution in [0.2, 0.25) is 0 Å². The summed E-state index contributed by atoms with van der Waals surface area (Å²) in [6.07, 6.45) is 20.6. The molecule has 0 aromatic rings. The molecule has 0 aliphatic heterocycles. The molecule has 0 bridgehead atoms. The smallest absolute Gasteiger partial charge is 0.367 e. The van der Waals surface area contributed by atoms with Gasteiger partial charge in [0.15, 0.2) is 0 Å². The molecule has 0 fully saturated rings. The Morgan fingerprint density at radius 1 is 0.783 bits per heavy atom. The minimum atomic E-state index is -0.930. The van der Waals surface area contributed by atoms with E-state index in [1.807, 2.05) is 0 Å². The van der Waals surface area contributed by atoms with Crippen molar-refractivity contribution in [2.45, 2.75) is 96.8 Å². The van der Waals surface area contributed by atoms with Crippen molar-refractivity contribution in [2.24, 2.45) is 5.90 Å². The summed E-state index contributed by atoms with van der Waals surface area (Å²) < 4.78 is 0. The van der Waals surface area contributed by atoms with Crippen LogP contribution in [0.15, 0.2) is 12.2 Å². The number of rotatable bonds is 16. The van der Waals surface area contributed by atoms with Gasteiger partial charge in [-0.25, -0.2) is 4.79 Å². The highest BCUT2D eigenvalue weighted by Crippen LogP contribution is 2.10. The van der Waals surface area contributed by atoms with Crippen molar-refractivity contribution in [2.75, 3.05) is 0 Å². The summed E-state index contributed by atoms with van der Waals surface area (Å²) in [6, 6.07) is 0. The summed E-state index contributed by atoms with van der Waals surface area (Å²) in [6.45, 7) is 2.25. The lowest BCUT2D eigenvalue weighted by atomic mass is 10.1. The zero-order chi connectivity index (χ0) is 17.2. The molecule has 0 rings (SSSR count). The molecule has 0 atom stereocenters. The number of carbonyl (C=O) groups is 2. The van der Waals surface area contributed by atoms with Crippen LogP contribution in [0.5, 0.6) is 0 Å². The molecule has 23 heavy (non-hydrogen) atoms. The molecule has 0 amide bonds. The maximum Gasteiger partial charge on any atom is 0.393 e. The van der Waals surface area contributed by atoms with Gasteiger partial charge in [-0.05, 0) is 32.1 Å². The predicted octanol–water partition coefficient (Wildman–Crippen LogP) is 5.01. The van der Waals surface area contributed by atoms with Gasteiger partial charge in [0.05, 0.1) is 0 Å². The van der Waals surface area contributed by atoms with Gasteiger partial charge in [0.1, 0.15) is 0 Å². The van der Waals surface area contributed by atoms with Gasteiger partial charge in [-0.2, -0.15) is 5.90 Å². The fraction of sp³-hybridized carbons (Fsp3) is 0.789. The molecule has 0 spiro atoms. The van der Waals surface area contributed by atoms with Crippen molar-refractivity contribution < 1.29 is 14.4 Å². The largest absolute Gasteiger partial charge is 0.393 e. The second-order valence-corrected chi connectivity index (χ2v) is 6.16. The third-order valence-electron chi connectivity index (χ3n) is 4.00. The summed E-state index contributed by atoms with van der Waals surface area (Å²) in [5.74, 6) is 3.20. The zero-order valence-electron chi connectivity index (χ0n) is 14.9. The van der Waals surface area contributed by atoms with Gasteiger partial charge in [0.2, 0.25) is 5.78 Å². The highest BCUT2D eigenvalue weighted by atomic mass is 16.7. The monoisotopic (exact) mass is 325 g/mol. The minimum absolute atomic E-state index is 0.244. The molecule has 4 heteroatoms. The molecule has 4 nitrogen and oxygen atoms in total. The van der Waals surface area contributed by atoms with Crippen molar-refractivity contribution in [3.8, 4) is 0 Å². The van der Waals surface area contributed by atoms with Gasteiger partial charge < -0.3 is 4.84 Å². The van der Waals surface area contributed by atoms with Crippen LogP contribution in [0.3, 0.4) is 0 Å². The van der Waals surface area contributed by atoms with Crippen LogP contribution in [0.4, 0.5) is 0 Å². The molecular formula is C19H35NO3. The lowest BCUT2D eigenvalue weighted by Crippen LogP contribution is -2.20. The SMILES string of the molecule is CCCCCCCC/C=C\CCCCCCCC(=O)C(=O)ON. The molecule has 0 unspecified atom stereocenters. The molecule has 0 aliphatic carbocycles. The highest BCUT2D eigenvalue weighted by molar-refractivity contribution is 6.33. The molecule has 2 N–H and O–H groups in total. The van der Waals surface area contributed by atoms with Crippen LogP contribution in [0.25, 0.3) is 0 Å². The molecule has 0 aromatic carbocycles. The summed E-state index contributed by atoms with van der Waals surface area (Å²) in [5.41, 5.74) is 0. The number of unbranched alkanes of at least 4 members (excludes halogenated alkanes) is 11. The van der Waals surface area contributed by atoms with Crippen molar-refractivity contribution >= 4 is 11.8 Å². The summed E-state index contributed by atoms with van der Waals surface area (Å²) in [5, 5.41) is 0. The number of allylic oxidation sites excluding steroid dienone is 2. The molecule has 0 radical (unpaired) electrons. The third-order valence-corrected chi connectivity index (χ3v) is 4.00. The second kappa shape index (κ2) is 17.2. The predicted molar refractivity (Wildman–Crippen MR) is 94.7 cm³/mol. The number of ketones is 1. The van der Waals surface area contributed by atoms with E-state index in [9.17, 15) is 9.59 Å². The van der Waals surface area contributed by atoms with E-state index in [1.54, 1.807) is 0 Å². The number of nitrogens with two attached hydrogens (primary N) is 1. The van der Waals surface area contributed by atoms with Crippen LogP contribution in [-0.2, 0) is 14.4 Å². The molecule has 0 saturated carbocycles. The van der Waals surface area contributed by atoms with Crippen molar-refractivity contribution in [3.63, 3.8) is 0 Å². The van der Waals surface area contributed by atoms with Crippen LogP contribution < -0.4 is 5.90 Å². The molecule has 0 aromatic heterocycles. The van der Waals surface area contributed by atoms with Crippen molar-refractivity contribution in [1.29, 1.82) is 0 Å². The van der Waals surface area contributed by atoms with Gasteiger partial charge in [-0.15, -0.1) is 0 Å². The first-order valence-corrected chi connectivity index (χ1v) is 9.31. The van der Waals surface area contributed by atoms with Crippen LogP contribution >= 0.6 is 0 Å². The Hall–Kier alpha value is -1.16. The van der Waals surface area contributed by atoms with Gasteiger partial charge >= 0.3 is 5.97 Å². The van der Waals surface area contributed by atoms with Crippen molar-refractivity contribution in [1.82, 2.24) is 0 Å². The molecule has 0 heterocycles. The Labute approximate surface area is 141 Å². The quantitative estimate of drug-likeness (QED) is 0.187. The second-order valence-electron chi connectivity index (χ2n) is 6.16. The van der Waals surface area contributed by atoms with Crippen LogP contribution in [-0.4, -0.2) is 11.8 Å². The van der Waals surface area contributed by atoms with E-state index in [4.69, 9.17) is 0 Å². The van der Waals surface area contributed by atoms with Crippen molar-refractivity contribution in [3.05, 3.63) is 12.2 Å². The van der Waals surface area contributed by atoms with E-state index >= 15 is 0 Å². The van der Waals surface area contributed by atoms with E-state index < -0.39 is 11.8 Å². The van der Waals surface area contributed by atoms with Crippen LogP contribution in [0.1, 0.15) is 96.8 Å². The van der Waals surface area contributed by atoms with E-state index in [2.05, 4.69) is 29.8 Å². The zero-order valence-corrected chi connectivity index (χ0v) is 14.9. The van der Waals surface area contributed by atoms with Crippen LogP contribution in [0, 0.1) is 0 Å². The average molecular weight is 325 g/mol. The Bertz CT molecular complexity index is 327. The topological polar surface area (TPSA) is 69.4 Å². The molecule has 0 saturated heterocycles. The standard InChI is InChI=1S/C19H35NO3/c1-2-3-4-5-6-7-8-9-10-11-12-13-14-15-16-17-18(21)19(22)23-20/h9-10H,2-8,11-17,20H2,1H3/b10-9-. The number of Topliss-reactive ketones (excluding diaryl/α,β-unsaturated/α-hetero) is 1. The van der Waals surface area contributed by atoms with Gasteiger partial charge in [-0.1, -0.05) is 70.4 Å². The minimum Gasteiger partial charge on any atom is -0.367 e. The Morgan fingerprint density at radius 2 is 1.26 bits per heavy atom. The maximum atomic E-state index is 11.1. The van der Waals surface area contributed by atoms with Gasteiger partial charge in [0.25, 0.3) is 0 Å². The number of hydrogen-bond acceptors (Lipinski definition) is 4. The Kier molecular flexibility index (Phi) is 16.3. The average Bonchev–Trinajstić information content (AvgIpc) is 2.57. The first-order valence-electron chi connectivity index (χ1n) is 9.31. The van der Waals surface area contributed by atoms with E-state index in [1.165, 1.54) is 57.8 Å². The lowest BCUT2D eigenvalue weighted by molar-refractivity contribution is -0.154. The summed E-state index contributed by atoms with van der Waals surface area (Å²) >= 11 is 0. The molecule has 134 valence electrons. The lowest BCUT2D eigenvalue weighted by Gasteiger charge is -2.00. The van der Waals surface area contributed by atoms with E-state index in [0.29, 0.717) is 0 Å². The molecular weight excluding hydrogens is 290 g/mol. The first-order chi connectivity index (χ1) is 11.2. The van der Waals surface area contributed by atoms with Gasteiger partial charge in [0, 0.05) is 6.42 Å². The fourth-order valence-corrected chi connectivity index (χ4v) is 2.52. The van der Waals surface area contributed by atoms with E-state index in [-0.39, 0.29) is 6.42 Å². The summed E-state index contributed by atoms with van der Waals surface area (Å²) in [7, 11) is 0. The first kappa shape index (κ1) is 21.8. The Balaban J connectivity index is 3.22. The Morgan fingerprint density at radius 3 is 1.78 bits per heavy atom. The highest BCUT2D eigenvalue weighted by Gasteiger charge is 2.13. The number of hydrogen-bond donors (Lipinski definition) is 1. The molecule has 0 aliphatic rings. The third kappa shape index (κ3) is 15.5.